The molecule has 7 nitrogen and oxygen atoms in total. The van der Waals surface area contributed by atoms with Crippen LogP contribution in [-0.2, 0) is 12.1 Å². The molecule has 0 saturated heterocycles. The Hall–Kier alpha value is -3.41. The van der Waals surface area contributed by atoms with Crippen molar-refractivity contribution in [1.29, 1.82) is 5.26 Å². The number of rotatable bonds is 5. The van der Waals surface area contributed by atoms with Gasteiger partial charge in [-0.1, -0.05) is 28.4 Å². The third-order valence-corrected chi connectivity index (χ3v) is 5.51. The highest BCUT2D eigenvalue weighted by atomic mass is 35.5. The predicted octanol–water partition coefficient (Wildman–Crippen LogP) is 6.25. The highest BCUT2D eigenvalue weighted by molar-refractivity contribution is 6.36. The fourth-order valence-corrected chi connectivity index (χ4v) is 3.65. The van der Waals surface area contributed by atoms with Gasteiger partial charge in [0.15, 0.2) is 0 Å². The van der Waals surface area contributed by atoms with Gasteiger partial charge in [-0.05, 0) is 51.1 Å². The Morgan fingerprint density at radius 3 is 2.55 bits per heavy atom. The van der Waals surface area contributed by atoms with E-state index in [9.17, 15) is 9.65 Å². The van der Waals surface area contributed by atoms with Crippen LogP contribution in [0.5, 0.6) is 0 Å². The predicted molar refractivity (Wildman–Crippen MR) is 129 cm³/mol. The molecule has 4 aromatic rings. The van der Waals surface area contributed by atoms with Crippen LogP contribution in [0.1, 0.15) is 32.0 Å². The molecular weight excluding hydrogens is 464 g/mol. The first-order valence-corrected chi connectivity index (χ1v) is 10.8. The Balaban J connectivity index is 1.69. The molecule has 0 spiro atoms. The first-order chi connectivity index (χ1) is 15.7. The Kier molecular flexibility index (Phi) is 6.11. The molecule has 0 aliphatic rings. The van der Waals surface area contributed by atoms with Crippen molar-refractivity contribution in [3.63, 3.8) is 0 Å². The number of fused-ring (bicyclic) bond motifs is 1. The van der Waals surface area contributed by atoms with Crippen LogP contribution in [0.3, 0.4) is 0 Å². The van der Waals surface area contributed by atoms with Gasteiger partial charge in [-0.15, -0.1) is 5.10 Å². The maximum atomic E-state index is 13.6. The van der Waals surface area contributed by atoms with Crippen LogP contribution in [0.4, 0.5) is 21.5 Å². The van der Waals surface area contributed by atoms with Crippen molar-refractivity contribution < 1.29 is 4.39 Å². The molecule has 4 rings (SSSR count). The molecule has 2 N–H and O–H groups in total. The first kappa shape index (κ1) is 22.8. The van der Waals surface area contributed by atoms with E-state index in [-0.39, 0.29) is 10.6 Å². The molecule has 0 atom stereocenters. The van der Waals surface area contributed by atoms with Gasteiger partial charge in [0.05, 0.1) is 45.1 Å². The molecule has 0 bridgehead atoms. The van der Waals surface area contributed by atoms with Crippen molar-refractivity contribution in [1.82, 2.24) is 20.0 Å². The number of hydrogen-bond donors (Lipinski definition) is 2. The minimum absolute atomic E-state index is 0.0273. The summed E-state index contributed by atoms with van der Waals surface area (Å²) in [5.41, 5.74) is 3.17. The third kappa shape index (κ3) is 4.85. The summed E-state index contributed by atoms with van der Waals surface area (Å²) in [7, 11) is 0. The van der Waals surface area contributed by atoms with Crippen molar-refractivity contribution >= 4 is 51.2 Å². The maximum absolute atomic E-state index is 13.6. The average Bonchev–Trinajstić information content (AvgIpc) is 3.25. The smallest absolute Gasteiger partial charge is 0.141 e. The van der Waals surface area contributed by atoms with Gasteiger partial charge in [0.1, 0.15) is 17.6 Å². The van der Waals surface area contributed by atoms with Gasteiger partial charge in [0.2, 0.25) is 0 Å². The molecule has 168 valence electrons. The van der Waals surface area contributed by atoms with E-state index in [2.05, 4.69) is 32.0 Å². The molecule has 0 aliphatic carbocycles. The van der Waals surface area contributed by atoms with Gasteiger partial charge < -0.3 is 10.6 Å². The fraction of sp³-hybridized carbons (Fsp3) is 0.217. The third-order valence-electron chi connectivity index (χ3n) is 4.94. The van der Waals surface area contributed by atoms with Crippen molar-refractivity contribution in [2.24, 2.45) is 0 Å². The zero-order valence-electron chi connectivity index (χ0n) is 18.1. The summed E-state index contributed by atoms with van der Waals surface area (Å²) in [4.78, 5) is 4.34. The van der Waals surface area contributed by atoms with E-state index in [1.807, 2.05) is 33.0 Å². The molecule has 2 aromatic carbocycles. The van der Waals surface area contributed by atoms with Gasteiger partial charge in [-0.2, -0.15) is 5.26 Å². The Bertz CT molecular complexity index is 1390. The largest absolute Gasteiger partial charge is 0.379 e. The molecular formula is C23H20Cl2FN7. The molecule has 0 aliphatic heterocycles. The number of nitrogens with one attached hydrogen (secondary N) is 2. The van der Waals surface area contributed by atoms with E-state index in [1.54, 1.807) is 10.7 Å². The van der Waals surface area contributed by atoms with Crippen LogP contribution in [0.2, 0.25) is 10.0 Å². The summed E-state index contributed by atoms with van der Waals surface area (Å²) in [6.07, 6.45) is 3.33. The zero-order valence-corrected chi connectivity index (χ0v) is 19.6. The molecule has 0 amide bonds. The lowest BCUT2D eigenvalue weighted by atomic mass is 10.1. The number of halogens is 3. The van der Waals surface area contributed by atoms with E-state index in [1.165, 1.54) is 24.4 Å². The summed E-state index contributed by atoms with van der Waals surface area (Å²) >= 11 is 12.4. The second kappa shape index (κ2) is 8.85. The molecule has 0 saturated carbocycles. The van der Waals surface area contributed by atoms with Crippen molar-refractivity contribution in [3.8, 4) is 6.07 Å². The van der Waals surface area contributed by atoms with Crippen LogP contribution < -0.4 is 10.6 Å². The molecule has 10 heteroatoms. The summed E-state index contributed by atoms with van der Waals surface area (Å²) in [6.45, 7) is 6.57. The van der Waals surface area contributed by atoms with Gasteiger partial charge in [0.25, 0.3) is 0 Å². The molecule has 2 aromatic heterocycles. The quantitative estimate of drug-likeness (QED) is 0.348. The normalized spacial score (nSPS) is 11.4. The second-order valence-electron chi connectivity index (χ2n) is 8.45. The van der Waals surface area contributed by atoms with Crippen molar-refractivity contribution in [2.45, 2.75) is 32.9 Å². The highest BCUT2D eigenvalue weighted by Crippen LogP contribution is 2.35. The molecule has 0 radical (unpaired) electrons. The fourth-order valence-electron chi connectivity index (χ4n) is 3.20. The van der Waals surface area contributed by atoms with Crippen molar-refractivity contribution in [2.75, 3.05) is 10.6 Å². The van der Waals surface area contributed by atoms with E-state index in [4.69, 9.17) is 23.2 Å². The number of pyridine rings is 1. The Morgan fingerprint density at radius 2 is 1.88 bits per heavy atom. The van der Waals surface area contributed by atoms with Crippen LogP contribution in [0.25, 0.3) is 10.9 Å². The van der Waals surface area contributed by atoms with Crippen LogP contribution >= 0.6 is 23.2 Å². The maximum Gasteiger partial charge on any atom is 0.141 e. The van der Waals surface area contributed by atoms with E-state index in [0.717, 1.165) is 11.4 Å². The van der Waals surface area contributed by atoms with Gasteiger partial charge in [-0.25, -0.2) is 9.07 Å². The molecule has 2 heterocycles. The summed E-state index contributed by atoms with van der Waals surface area (Å²) in [5, 5.41) is 25.5. The standard InChI is InChI=1S/C23H20Cl2FN7/c1-23(2,3)33-12-16(31-32-33)11-28-15-6-17-21(30-14-4-5-20(26)18(24)7-14)13(9-27)10-29-22(17)19(25)8-15/h4-8,10,12,28H,11H2,1-3H3,(H,29,30). The topological polar surface area (TPSA) is 91.5 Å². The lowest BCUT2D eigenvalue weighted by Crippen LogP contribution is -2.22. The van der Waals surface area contributed by atoms with Crippen LogP contribution in [-0.4, -0.2) is 20.0 Å². The van der Waals surface area contributed by atoms with Gasteiger partial charge >= 0.3 is 0 Å². The lowest BCUT2D eigenvalue weighted by Gasteiger charge is -2.17. The lowest BCUT2D eigenvalue weighted by molar-refractivity contribution is 0.347. The highest BCUT2D eigenvalue weighted by Gasteiger charge is 2.16. The summed E-state index contributed by atoms with van der Waals surface area (Å²) in [6, 6.07) is 9.98. The minimum atomic E-state index is -0.528. The van der Waals surface area contributed by atoms with E-state index < -0.39 is 5.82 Å². The second-order valence-corrected chi connectivity index (χ2v) is 9.26. The SMILES string of the molecule is CC(C)(C)n1cc(CNc2cc(Cl)c3ncc(C#N)c(Nc4ccc(F)c(Cl)c4)c3c2)nn1. The summed E-state index contributed by atoms with van der Waals surface area (Å²) < 4.78 is 15.4. The number of hydrogen-bond acceptors (Lipinski definition) is 6. The molecule has 0 fully saturated rings. The number of nitriles is 1. The molecule has 33 heavy (non-hydrogen) atoms. The Morgan fingerprint density at radius 1 is 1.12 bits per heavy atom. The first-order valence-electron chi connectivity index (χ1n) is 10.1. The van der Waals surface area contributed by atoms with E-state index >= 15 is 0 Å². The average molecular weight is 484 g/mol. The zero-order chi connectivity index (χ0) is 23.8. The number of nitrogens with zero attached hydrogens (tertiary/aromatic N) is 5. The molecule has 0 unspecified atom stereocenters. The van der Waals surface area contributed by atoms with Crippen molar-refractivity contribution in [3.05, 3.63) is 69.8 Å². The van der Waals surface area contributed by atoms with Gasteiger partial charge in [0, 0.05) is 23.0 Å². The van der Waals surface area contributed by atoms with Gasteiger partial charge in [-0.3, -0.25) is 4.98 Å². The number of aromatic nitrogens is 4. The van der Waals surface area contributed by atoms with E-state index in [0.29, 0.717) is 39.4 Å². The minimum Gasteiger partial charge on any atom is -0.379 e. The van der Waals surface area contributed by atoms with Crippen LogP contribution in [0.15, 0.2) is 42.7 Å². The Labute approximate surface area is 200 Å². The number of benzene rings is 2. The monoisotopic (exact) mass is 483 g/mol. The summed E-state index contributed by atoms with van der Waals surface area (Å²) in [5.74, 6) is -0.528. The van der Waals surface area contributed by atoms with Crippen LogP contribution in [0, 0.1) is 17.1 Å². The number of anilines is 3.